The van der Waals surface area contributed by atoms with Gasteiger partial charge in [0.25, 0.3) is 0 Å². The average Bonchev–Trinajstić information content (AvgIpc) is 2.98. The first-order valence-corrected chi connectivity index (χ1v) is 5.32. The van der Waals surface area contributed by atoms with Gasteiger partial charge in [-0.1, -0.05) is 6.08 Å². The molecule has 1 fully saturated rings. The van der Waals surface area contributed by atoms with E-state index in [-0.39, 0.29) is 0 Å². The second-order valence-electron chi connectivity index (χ2n) is 4.10. The normalized spacial score (nSPS) is 15.0. The van der Waals surface area contributed by atoms with Gasteiger partial charge in [0.15, 0.2) is 5.82 Å². The van der Waals surface area contributed by atoms with Gasteiger partial charge in [-0.2, -0.15) is 0 Å². The minimum Gasteiger partial charge on any atom is -0.396 e. The average molecular weight is 203 g/mol. The molecule has 0 bridgehead atoms. The summed E-state index contributed by atoms with van der Waals surface area (Å²) in [5.41, 5.74) is 7.85. The van der Waals surface area contributed by atoms with E-state index < -0.39 is 0 Å². The van der Waals surface area contributed by atoms with Gasteiger partial charge >= 0.3 is 0 Å². The highest BCUT2D eigenvalue weighted by molar-refractivity contribution is 5.64. The number of nitrogens with zero attached hydrogens (tertiary/aromatic N) is 2. The first-order valence-electron chi connectivity index (χ1n) is 5.32. The highest BCUT2D eigenvalue weighted by Gasteiger charge is 2.30. The molecule has 2 N–H and O–H groups in total. The van der Waals surface area contributed by atoms with E-state index in [4.69, 9.17) is 5.73 Å². The minimum absolute atomic E-state index is 0.612. The van der Waals surface area contributed by atoms with Crippen LogP contribution in [0, 0.1) is 6.92 Å². The van der Waals surface area contributed by atoms with Gasteiger partial charge in [0.2, 0.25) is 0 Å². The lowest BCUT2D eigenvalue weighted by Crippen LogP contribution is -2.27. The van der Waals surface area contributed by atoms with Crippen LogP contribution in [0.1, 0.15) is 18.4 Å². The van der Waals surface area contributed by atoms with E-state index in [2.05, 4.69) is 16.5 Å². The van der Waals surface area contributed by atoms with E-state index in [0.717, 1.165) is 23.6 Å². The zero-order chi connectivity index (χ0) is 10.8. The molecule has 0 radical (unpaired) electrons. The molecule has 0 aliphatic heterocycles. The summed E-state index contributed by atoms with van der Waals surface area (Å²) in [5, 5.41) is 0. The largest absolute Gasteiger partial charge is 0.396 e. The third kappa shape index (κ3) is 2.12. The lowest BCUT2D eigenvalue weighted by atomic mass is 10.2. The van der Waals surface area contributed by atoms with Crippen molar-refractivity contribution in [2.75, 3.05) is 17.2 Å². The molecule has 0 unspecified atom stereocenters. The fourth-order valence-corrected chi connectivity index (χ4v) is 1.76. The highest BCUT2D eigenvalue weighted by atomic mass is 15.2. The Kier molecular flexibility index (Phi) is 2.62. The molecular formula is C12H17N3. The summed E-state index contributed by atoms with van der Waals surface area (Å²) in [4.78, 5) is 6.65. The topological polar surface area (TPSA) is 42.2 Å². The summed E-state index contributed by atoms with van der Waals surface area (Å²) in [6.45, 7) is 6.60. The maximum atomic E-state index is 5.98. The number of hydrogen-bond donors (Lipinski definition) is 1. The van der Waals surface area contributed by atoms with E-state index in [1.807, 2.05) is 25.3 Å². The van der Waals surface area contributed by atoms with Crippen LogP contribution in [-0.2, 0) is 0 Å². The Morgan fingerprint density at radius 2 is 2.40 bits per heavy atom. The van der Waals surface area contributed by atoms with Crippen molar-refractivity contribution in [1.29, 1.82) is 0 Å². The van der Waals surface area contributed by atoms with Crippen LogP contribution in [0.4, 0.5) is 11.5 Å². The predicted molar refractivity (Wildman–Crippen MR) is 64.0 cm³/mol. The van der Waals surface area contributed by atoms with Crippen molar-refractivity contribution in [3.8, 4) is 0 Å². The van der Waals surface area contributed by atoms with E-state index in [9.17, 15) is 0 Å². The third-order valence-corrected chi connectivity index (χ3v) is 2.62. The molecule has 2 rings (SSSR count). The van der Waals surface area contributed by atoms with Crippen LogP contribution in [0.15, 0.2) is 24.9 Å². The van der Waals surface area contributed by atoms with Gasteiger partial charge in [-0.15, -0.1) is 6.58 Å². The molecule has 1 saturated carbocycles. The van der Waals surface area contributed by atoms with Crippen molar-refractivity contribution in [1.82, 2.24) is 4.98 Å². The van der Waals surface area contributed by atoms with Crippen molar-refractivity contribution in [2.24, 2.45) is 0 Å². The van der Waals surface area contributed by atoms with Crippen molar-refractivity contribution in [3.05, 3.63) is 30.5 Å². The standard InChI is InChI=1S/C12H17N3/c1-3-6-15(10-4-5-10)12-11(13)7-9(2)8-14-12/h3,7-8,10H,1,4-6,13H2,2H3. The summed E-state index contributed by atoms with van der Waals surface area (Å²) in [5.74, 6) is 0.906. The third-order valence-electron chi connectivity index (χ3n) is 2.62. The van der Waals surface area contributed by atoms with Gasteiger partial charge in [0.05, 0.1) is 5.69 Å². The quantitative estimate of drug-likeness (QED) is 0.762. The van der Waals surface area contributed by atoms with Crippen LogP contribution < -0.4 is 10.6 Å². The van der Waals surface area contributed by atoms with Crippen LogP contribution in [0.5, 0.6) is 0 Å². The maximum absolute atomic E-state index is 5.98. The monoisotopic (exact) mass is 203 g/mol. The Balaban J connectivity index is 2.28. The van der Waals surface area contributed by atoms with Gasteiger partial charge in [0, 0.05) is 18.8 Å². The maximum Gasteiger partial charge on any atom is 0.152 e. The summed E-state index contributed by atoms with van der Waals surface area (Å²) < 4.78 is 0. The van der Waals surface area contributed by atoms with Crippen LogP contribution in [0.2, 0.25) is 0 Å². The second kappa shape index (κ2) is 3.93. The van der Waals surface area contributed by atoms with E-state index in [1.54, 1.807) is 0 Å². The Morgan fingerprint density at radius 3 is 2.93 bits per heavy atom. The molecule has 0 saturated heterocycles. The predicted octanol–water partition coefficient (Wildman–Crippen LogP) is 2.13. The fraction of sp³-hybridized carbons (Fsp3) is 0.417. The van der Waals surface area contributed by atoms with Crippen molar-refractivity contribution in [2.45, 2.75) is 25.8 Å². The summed E-state index contributed by atoms with van der Waals surface area (Å²) in [7, 11) is 0. The Hall–Kier alpha value is -1.51. The van der Waals surface area contributed by atoms with Crippen molar-refractivity contribution < 1.29 is 0 Å². The molecule has 3 heteroatoms. The summed E-state index contributed by atoms with van der Waals surface area (Å²) in [6.07, 6.45) is 6.25. The molecule has 1 aromatic heterocycles. The lowest BCUT2D eigenvalue weighted by molar-refractivity contribution is 0.842. The molecule has 1 aromatic rings. The van der Waals surface area contributed by atoms with Gasteiger partial charge in [-0.05, 0) is 31.4 Å². The molecular weight excluding hydrogens is 186 g/mol. The van der Waals surface area contributed by atoms with Crippen molar-refractivity contribution in [3.63, 3.8) is 0 Å². The number of pyridine rings is 1. The Bertz CT molecular complexity index is 369. The van der Waals surface area contributed by atoms with E-state index in [1.165, 1.54) is 12.8 Å². The number of hydrogen-bond acceptors (Lipinski definition) is 3. The van der Waals surface area contributed by atoms with Crippen LogP contribution in [0.25, 0.3) is 0 Å². The molecule has 1 heterocycles. The van der Waals surface area contributed by atoms with Crippen LogP contribution in [0.3, 0.4) is 0 Å². The Labute approximate surface area is 90.6 Å². The molecule has 0 atom stereocenters. The molecule has 1 aliphatic carbocycles. The highest BCUT2D eigenvalue weighted by Crippen LogP contribution is 2.33. The smallest absolute Gasteiger partial charge is 0.152 e. The zero-order valence-electron chi connectivity index (χ0n) is 9.11. The first kappa shape index (κ1) is 10.0. The molecule has 80 valence electrons. The fourth-order valence-electron chi connectivity index (χ4n) is 1.76. The molecule has 1 aliphatic rings. The van der Waals surface area contributed by atoms with Gasteiger partial charge < -0.3 is 10.6 Å². The minimum atomic E-state index is 0.612. The Morgan fingerprint density at radius 1 is 1.67 bits per heavy atom. The lowest BCUT2D eigenvalue weighted by Gasteiger charge is -2.23. The van der Waals surface area contributed by atoms with Crippen molar-refractivity contribution >= 4 is 11.5 Å². The van der Waals surface area contributed by atoms with E-state index in [0.29, 0.717) is 6.04 Å². The van der Waals surface area contributed by atoms with Gasteiger partial charge in [0.1, 0.15) is 0 Å². The molecule has 3 nitrogen and oxygen atoms in total. The molecule has 0 aromatic carbocycles. The number of nitrogen functional groups attached to an aromatic ring is 1. The van der Waals surface area contributed by atoms with Gasteiger partial charge in [-0.25, -0.2) is 4.98 Å². The summed E-state index contributed by atoms with van der Waals surface area (Å²) in [6, 6.07) is 2.58. The number of aryl methyl sites for hydroxylation is 1. The zero-order valence-corrected chi connectivity index (χ0v) is 9.11. The first-order chi connectivity index (χ1) is 7.22. The van der Waals surface area contributed by atoms with Crippen LogP contribution >= 0.6 is 0 Å². The van der Waals surface area contributed by atoms with Gasteiger partial charge in [-0.3, -0.25) is 0 Å². The molecule has 15 heavy (non-hydrogen) atoms. The number of nitrogens with two attached hydrogens (primary N) is 1. The molecule has 0 spiro atoms. The second-order valence-corrected chi connectivity index (χ2v) is 4.10. The number of anilines is 2. The molecule has 0 amide bonds. The number of rotatable bonds is 4. The number of aromatic nitrogens is 1. The van der Waals surface area contributed by atoms with E-state index >= 15 is 0 Å². The van der Waals surface area contributed by atoms with Crippen LogP contribution in [-0.4, -0.2) is 17.6 Å². The SMILES string of the molecule is C=CCN(c1ncc(C)cc1N)C1CC1. The summed E-state index contributed by atoms with van der Waals surface area (Å²) >= 11 is 0.